The summed E-state index contributed by atoms with van der Waals surface area (Å²) in [6.45, 7) is 3.74. The highest BCUT2D eigenvalue weighted by atomic mass is 19.4. The third-order valence-electron chi connectivity index (χ3n) is 5.43. The molecule has 0 bridgehead atoms. The van der Waals surface area contributed by atoms with Crippen molar-refractivity contribution in [3.05, 3.63) is 77.2 Å². The summed E-state index contributed by atoms with van der Waals surface area (Å²) in [5.74, 6) is 0.931. The van der Waals surface area contributed by atoms with Crippen LogP contribution in [0.5, 0.6) is 0 Å². The number of ether oxygens (including phenoxy) is 1. The monoisotopic (exact) mass is 511 g/mol. The molecule has 3 N–H and O–H groups in total. The Balaban J connectivity index is 1.67. The Hall–Kier alpha value is -4.61. The fourth-order valence-corrected chi connectivity index (χ4v) is 3.60. The first kappa shape index (κ1) is 25.5. The molecule has 4 aromatic rings. The average Bonchev–Trinajstić information content (AvgIpc) is 3.24. The van der Waals surface area contributed by atoms with E-state index < -0.39 is 17.7 Å². The molecule has 12 heteroatoms. The second-order valence-electron chi connectivity index (χ2n) is 8.16. The van der Waals surface area contributed by atoms with Crippen LogP contribution in [0.4, 0.5) is 41.9 Å². The van der Waals surface area contributed by atoms with E-state index in [1.54, 1.807) is 29.9 Å². The molecule has 2 aromatic heterocycles. The molecule has 0 aliphatic heterocycles. The first-order chi connectivity index (χ1) is 17.6. The number of aromatic nitrogens is 4. The molecule has 4 rings (SSSR count). The number of methoxy groups -OCH3 is 1. The van der Waals surface area contributed by atoms with Gasteiger partial charge in [0.05, 0.1) is 23.9 Å². The van der Waals surface area contributed by atoms with Gasteiger partial charge in [-0.25, -0.2) is 14.8 Å². The van der Waals surface area contributed by atoms with Crippen LogP contribution in [0.1, 0.15) is 27.2 Å². The third-order valence-corrected chi connectivity index (χ3v) is 5.43. The number of hydrogen-bond acceptors (Lipinski definition) is 8. The van der Waals surface area contributed by atoms with Gasteiger partial charge in [0.1, 0.15) is 18.0 Å². The smallest absolute Gasteiger partial charge is 0.416 e. The minimum absolute atomic E-state index is 0.0893. The normalized spacial score (nSPS) is 11.2. The maximum atomic E-state index is 13.4. The zero-order valence-electron chi connectivity index (χ0n) is 20.4. The van der Waals surface area contributed by atoms with E-state index in [0.29, 0.717) is 28.8 Å². The SMILES string of the molecule is CNc1cc(-n2nc(C)cc2Nc2cc(Nc3cc(C(=O)OC)cc(C(F)(F)F)c3)ccc2C)ncn1. The van der Waals surface area contributed by atoms with Gasteiger partial charge >= 0.3 is 12.1 Å². The molecule has 9 nitrogen and oxygen atoms in total. The number of nitrogens with zero attached hydrogens (tertiary/aromatic N) is 4. The molecular formula is C25H24F3N7O2. The Morgan fingerprint density at radius 1 is 0.973 bits per heavy atom. The van der Waals surface area contributed by atoms with Crippen LogP contribution in [0, 0.1) is 13.8 Å². The van der Waals surface area contributed by atoms with Gasteiger partial charge in [0, 0.05) is 36.2 Å². The highest BCUT2D eigenvalue weighted by Gasteiger charge is 2.32. The van der Waals surface area contributed by atoms with Gasteiger partial charge in [-0.2, -0.15) is 23.0 Å². The Labute approximate surface area is 210 Å². The average molecular weight is 512 g/mol. The molecule has 0 saturated carbocycles. The molecule has 0 radical (unpaired) electrons. The van der Waals surface area contributed by atoms with Crippen LogP contribution in [0.25, 0.3) is 5.82 Å². The summed E-state index contributed by atoms with van der Waals surface area (Å²) in [7, 11) is 2.86. The number of rotatable bonds is 7. The zero-order valence-corrected chi connectivity index (χ0v) is 20.4. The molecule has 0 spiro atoms. The van der Waals surface area contributed by atoms with Crippen LogP contribution in [0.2, 0.25) is 0 Å². The van der Waals surface area contributed by atoms with Gasteiger partial charge in [-0.15, -0.1) is 0 Å². The number of halogens is 3. The molecule has 0 atom stereocenters. The lowest BCUT2D eigenvalue weighted by molar-refractivity contribution is -0.137. The standard InChI is InChI=1S/C25H24F3N7O2/c1-14-5-6-18(32-19-9-16(24(36)37-4)8-17(10-19)25(26,27)28)11-20(14)33-23-7-15(2)34-35(23)22-12-21(29-3)30-13-31-22/h5-13,32-33H,1-4H3,(H,29,30,31). The summed E-state index contributed by atoms with van der Waals surface area (Å²) in [5.41, 5.74) is 1.74. The number of esters is 1. The van der Waals surface area contributed by atoms with E-state index in [1.165, 1.54) is 12.4 Å². The molecule has 0 unspecified atom stereocenters. The summed E-state index contributed by atoms with van der Waals surface area (Å²) in [4.78, 5) is 20.4. The van der Waals surface area contributed by atoms with Crippen molar-refractivity contribution in [1.29, 1.82) is 0 Å². The summed E-state index contributed by atoms with van der Waals surface area (Å²) in [6.07, 6.45) is -3.21. The number of alkyl halides is 3. The number of carbonyl (C=O) groups is 1. The molecule has 2 aromatic carbocycles. The number of hydrogen-bond donors (Lipinski definition) is 3. The Morgan fingerprint density at radius 3 is 2.46 bits per heavy atom. The van der Waals surface area contributed by atoms with Crippen LogP contribution in [-0.2, 0) is 10.9 Å². The van der Waals surface area contributed by atoms with Gasteiger partial charge in [0.25, 0.3) is 0 Å². The summed E-state index contributed by atoms with van der Waals surface area (Å²) in [6, 6.07) is 11.9. The molecule has 0 saturated heterocycles. The van der Waals surface area contributed by atoms with Gasteiger partial charge < -0.3 is 20.7 Å². The minimum atomic E-state index is -4.63. The highest BCUT2D eigenvalue weighted by molar-refractivity contribution is 5.91. The van der Waals surface area contributed by atoms with Gasteiger partial charge in [-0.3, -0.25) is 0 Å². The molecule has 37 heavy (non-hydrogen) atoms. The predicted molar refractivity (Wildman–Crippen MR) is 134 cm³/mol. The van der Waals surface area contributed by atoms with Crippen molar-refractivity contribution in [3.63, 3.8) is 0 Å². The predicted octanol–water partition coefficient (Wildman–Crippen LogP) is 5.61. The van der Waals surface area contributed by atoms with Crippen LogP contribution in [0.3, 0.4) is 0 Å². The fraction of sp³-hybridized carbons (Fsp3) is 0.200. The summed E-state index contributed by atoms with van der Waals surface area (Å²) >= 11 is 0. The maximum Gasteiger partial charge on any atom is 0.416 e. The first-order valence-electron chi connectivity index (χ1n) is 11.1. The minimum Gasteiger partial charge on any atom is -0.465 e. The number of anilines is 5. The highest BCUT2D eigenvalue weighted by Crippen LogP contribution is 2.34. The number of carbonyl (C=O) groups excluding carboxylic acids is 1. The lowest BCUT2D eigenvalue weighted by atomic mass is 10.1. The molecule has 0 aliphatic carbocycles. The Kier molecular flexibility index (Phi) is 7.00. The van der Waals surface area contributed by atoms with Crippen LogP contribution in [0.15, 0.2) is 54.9 Å². The molecule has 0 aliphatic rings. The van der Waals surface area contributed by atoms with E-state index in [9.17, 15) is 18.0 Å². The first-order valence-corrected chi connectivity index (χ1v) is 11.1. The second-order valence-corrected chi connectivity index (χ2v) is 8.16. The van der Waals surface area contributed by atoms with Crippen LogP contribution >= 0.6 is 0 Å². The molecule has 192 valence electrons. The number of nitrogens with one attached hydrogen (secondary N) is 3. The molecule has 0 amide bonds. The summed E-state index contributed by atoms with van der Waals surface area (Å²) in [5, 5.41) is 13.8. The van der Waals surface area contributed by atoms with Crippen molar-refractivity contribution in [2.75, 3.05) is 30.1 Å². The third kappa shape index (κ3) is 5.80. The number of aryl methyl sites for hydroxylation is 2. The van der Waals surface area contributed by atoms with E-state index in [-0.39, 0.29) is 11.3 Å². The van der Waals surface area contributed by atoms with E-state index in [0.717, 1.165) is 30.5 Å². The van der Waals surface area contributed by atoms with E-state index in [4.69, 9.17) is 0 Å². The van der Waals surface area contributed by atoms with E-state index in [2.05, 4.69) is 35.8 Å². The van der Waals surface area contributed by atoms with E-state index >= 15 is 0 Å². The van der Waals surface area contributed by atoms with Crippen LogP contribution < -0.4 is 16.0 Å². The molecule has 2 heterocycles. The van der Waals surface area contributed by atoms with Gasteiger partial charge in [0.15, 0.2) is 5.82 Å². The zero-order chi connectivity index (χ0) is 26.7. The van der Waals surface area contributed by atoms with E-state index in [1.807, 2.05) is 26.0 Å². The molecular weight excluding hydrogens is 487 g/mol. The van der Waals surface area contributed by atoms with Gasteiger partial charge in [0.2, 0.25) is 0 Å². The number of benzene rings is 2. The van der Waals surface area contributed by atoms with Gasteiger partial charge in [-0.1, -0.05) is 6.07 Å². The largest absolute Gasteiger partial charge is 0.465 e. The lowest BCUT2D eigenvalue weighted by Gasteiger charge is -2.16. The van der Waals surface area contributed by atoms with Crippen LogP contribution in [-0.4, -0.2) is 39.9 Å². The van der Waals surface area contributed by atoms with Crippen molar-refractivity contribution < 1.29 is 22.7 Å². The van der Waals surface area contributed by atoms with Crippen molar-refractivity contribution in [2.24, 2.45) is 0 Å². The maximum absolute atomic E-state index is 13.4. The van der Waals surface area contributed by atoms with Gasteiger partial charge in [-0.05, 0) is 49.7 Å². The van der Waals surface area contributed by atoms with Crippen molar-refractivity contribution in [3.8, 4) is 5.82 Å². The summed E-state index contributed by atoms with van der Waals surface area (Å²) < 4.78 is 46.5. The Bertz CT molecular complexity index is 1450. The van der Waals surface area contributed by atoms with Crippen molar-refractivity contribution in [1.82, 2.24) is 19.7 Å². The van der Waals surface area contributed by atoms with Crippen molar-refractivity contribution >= 4 is 34.7 Å². The quantitative estimate of drug-likeness (QED) is 0.275. The molecule has 0 fully saturated rings. The van der Waals surface area contributed by atoms with Crippen molar-refractivity contribution in [2.45, 2.75) is 20.0 Å². The topological polar surface area (TPSA) is 106 Å². The Morgan fingerprint density at radius 2 is 1.76 bits per heavy atom. The fourth-order valence-electron chi connectivity index (χ4n) is 3.60. The second kappa shape index (κ2) is 10.2. The lowest BCUT2D eigenvalue weighted by Crippen LogP contribution is -2.10.